The second-order valence-electron chi connectivity index (χ2n) is 7.66. The molecule has 0 aliphatic carbocycles. The number of likely N-dealkylation sites (tertiary alicyclic amines) is 1. The van der Waals surface area contributed by atoms with Crippen molar-refractivity contribution in [1.82, 2.24) is 24.1 Å². The Morgan fingerprint density at radius 2 is 1.74 bits per heavy atom. The van der Waals surface area contributed by atoms with Gasteiger partial charge in [0.05, 0.1) is 12.2 Å². The van der Waals surface area contributed by atoms with Crippen LogP contribution in [-0.2, 0) is 11.3 Å². The normalized spacial score (nSPS) is 19.1. The maximum atomic E-state index is 12.3. The van der Waals surface area contributed by atoms with Gasteiger partial charge in [0.15, 0.2) is 0 Å². The lowest BCUT2D eigenvalue weighted by atomic mass is 10.2. The van der Waals surface area contributed by atoms with E-state index in [1.54, 1.807) is 10.5 Å². The Bertz CT molecular complexity index is 880. The van der Waals surface area contributed by atoms with Gasteiger partial charge in [-0.05, 0) is 31.4 Å². The van der Waals surface area contributed by atoms with Crippen molar-refractivity contribution in [1.29, 1.82) is 0 Å². The second-order valence-corrected chi connectivity index (χ2v) is 7.66. The van der Waals surface area contributed by atoms with Crippen molar-refractivity contribution in [2.24, 2.45) is 0 Å². The largest absolute Gasteiger partial charge is 0.342 e. The molecule has 2 aliphatic heterocycles. The van der Waals surface area contributed by atoms with Gasteiger partial charge in [0.2, 0.25) is 5.91 Å². The zero-order valence-corrected chi connectivity index (χ0v) is 15.9. The monoisotopic (exact) mass is 369 g/mol. The van der Waals surface area contributed by atoms with E-state index >= 15 is 0 Å². The molecule has 0 N–H and O–H groups in total. The van der Waals surface area contributed by atoms with Crippen molar-refractivity contribution in [3.63, 3.8) is 0 Å². The number of amides is 1. The lowest BCUT2D eigenvalue weighted by Crippen LogP contribution is -2.49. The minimum atomic E-state index is -0.0338. The highest BCUT2D eigenvalue weighted by Crippen LogP contribution is 2.11. The van der Waals surface area contributed by atoms with Crippen molar-refractivity contribution in [2.45, 2.75) is 26.3 Å². The number of aryl methyl sites for hydroxylation is 1. The number of hydrogen-bond acceptors (Lipinski definition) is 5. The summed E-state index contributed by atoms with van der Waals surface area (Å²) >= 11 is 0. The fourth-order valence-corrected chi connectivity index (χ4v) is 3.93. The molecule has 1 amide bonds. The molecule has 7 heteroatoms. The first-order chi connectivity index (χ1) is 13.1. The van der Waals surface area contributed by atoms with E-state index in [9.17, 15) is 9.59 Å². The number of carbonyl (C=O) groups excluding carboxylic acids is 1. The van der Waals surface area contributed by atoms with Crippen LogP contribution >= 0.6 is 0 Å². The van der Waals surface area contributed by atoms with Crippen LogP contribution in [0.3, 0.4) is 0 Å². The minimum absolute atomic E-state index is 0.0338. The van der Waals surface area contributed by atoms with E-state index in [-0.39, 0.29) is 11.5 Å². The molecule has 4 rings (SSSR count). The predicted octanol–water partition coefficient (Wildman–Crippen LogP) is 0.743. The SMILES string of the molecule is Cc1ccc2nc(CN3CCN(CC(=O)N4CCCC4)CC3)cc(=O)n2c1. The molecule has 0 unspecified atom stereocenters. The molecule has 2 aliphatic rings. The number of pyridine rings is 1. The van der Waals surface area contributed by atoms with Gasteiger partial charge >= 0.3 is 0 Å². The fraction of sp³-hybridized carbons (Fsp3) is 0.550. The molecular formula is C20H27N5O2. The van der Waals surface area contributed by atoms with Gasteiger partial charge in [0, 0.05) is 58.1 Å². The third-order valence-corrected chi connectivity index (χ3v) is 5.53. The van der Waals surface area contributed by atoms with Gasteiger partial charge in [-0.3, -0.25) is 23.8 Å². The summed E-state index contributed by atoms with van der Waals surface area (Å²) in [6, 6.07) is 5.50. The number of carbonyl (C=O) groups is 1. The Morgan fingerprint density at radius 3 is 2.48 bits per heavy atom. The Morgan fingerprint density at radius 1 is 1.04 bits per heavy atom. The van der Waals surface area contributed by atoms with E-state index in [0.717, 1.165) is 63.4 Å². The molecule has 0 bridgehead atoms. The van der Waals surface area contributed by atoms with E-state index in [1.807, 2.05) is 30.2 Å². The second kappa shape index (κ2) is 7.78. The highest BCUT2D eigenvalue weighted by Gasteiger charge is 2.23. The van der Waals surface area contributed by atoms with Gasteiger partial charge in [0.1, 0.15) is 5.65 Å². The zero-order chi connectivity index (χ0) is 18.8. The van der Waals surface area contributed by atoms with Crippen LogP contribution in [0.5, 0.6) is 0 Å². The first-order valence-electron chi connectivity index (χ1n) is 9.80. The van der Waals surface area contributed by atoms with Crippen LogP contribution in [0.4, 0.5) is 0 Å². The Kier molecular flexibility index (Phi) is 5.22. The summed E-state index contributed by atoms with van der Waals surface area (Å²) in [5.41, 5.74) is 2.51. The van der Waals surface area contributed by atoms with E-state index in [4.69, 9.17) is 0 Å². The summed E-state index contributed by atoms with van der Waals surface area (Å²) in [5.74, 6) is 0.264. The molecule has 2 aromatic rings. The summed E-state index contributed by atoms with van der Waals surface area (Å²) in [5, 5.41) is 0. The molecule has 144 valence electrons. The summed E-state index contributed by atoms with van der Waals surface area (Å²) in [6.45, 7) is 8.55. The Balaban J connectivity index is 1.34. The Hall–Kier alpha value is -2.25. The van der Waals surface area contributed by atoms with Gasteiger partial charge in [-0.1, -0.05) is 6.07 Å². The average Bonchev–Trinajstić information content (AvgIpc) is 3.19. The van der Waals surface area contributed by atoms with Crippen LogP contribution < -0.4 is 5.56 Å². The van der Waals surface area contributed by atoms with Crippen LogP contribution in [-0.4, -0.2) is 75.8 Å². The van der Waals surface area contributed by atoms with E-state index < -0.39 is 0 Å². The number of fused-ring (bicyclic) bond motifs is 1. The Labute approximate surface area is 159 Å². The third kappa shape index (κ3) is 4.20. The molecule has 0 saturated carbocycles. The third-order valence-electron chi connectivity index (χ3n) is 5.53. The van der Waals surface area contributed by atoms with Gasteiger partial charge in [-0.15, -0.1) is 0 Å². The van der Waals surface area contributed by atoms with Gasteiger partial charge in [-0.25, -0.2) is 4.98 Å². The van der Waals surface area contributed by atoms with Gasteiger partial charge in [-0.2, -0.15) is 0 Å². The van der Waals surface area contributed by atoms with E-state index in [0.29, 0.717) is 18.7 Å². The number of nitrogens with zero attached hydrogens (tertiary/aromatic N) is 5. The first kappa shape index (κ1) is 18.1. The molecule has 27 heavy (non-hydrogen) atoms. The zero-order valence-electron chi connectivity index (χ0n) is 15.9. The number of piperazine rings is 1. The van der Waals surface area contributed by atoms with Gasteiger partial charge < -0.3 is 4.90 Å². The maximum Gasteiger partial charge on any atom is 0.258 e. The van der Waals surface area contributed by atoms with Crippen LogP contribution in [0, 0.1) is 6.92 Å². The molecule has 2 aromatic heterocycles. The van der Waals surface area contributed by atoms with Crippen LogP contribution in [0.25, 0.3) is 5.65 Å². The summed E-state index contributed by atoms with van der Waals surface area (Å²) in [6.07, 6.45) is 4.10. The number of aromatic nitrogens is 2. The molecule has 4 heterocycles. The molecule has 2 fully saturated rings. The quantitative estimate of drug-likeness (QED) is 0.796. The van der Waals surface area contributed by atoms with Crippen LogP contribution in [0.2, 0.25) is 0 Å². The molecular weight excluding hydrogens is 342 g/mol. The van der Waals surface area contributed by atoms with E-state index in [2.05, 4.69) is 14.8 Å². The first-order valence-corrected chi connectivity index (χ1v) is 9.80. The van der Waals surface area contributed by atoms with Crippen LogP contribution in [0.1, 0.15) is 24.1 Å². The van der Waals surface area contributed by atoms with Crippen LogP contribution in [0.15, 0.2) is 29.2 Å². The van der Waals surface area contributed by atoms with Crippen molar-refractivity contribution in [2.75, 3.05) is 45.8 Å². The van der Waals surface area contributed by atoms with E-state index in [1.165, 1.54) is 0 Å². The molecule has 2 saturated heterocycles. The van der Waals surface area contributed by atoms with Gasteiger partial charge in [0.25, 0.3) is 5.56 Å². The lowest BCUT2D eigenvalue weighted by Gasteiger charge is -2.34. The predicted molar refractivity (Wildman–Crippen MR) is 104 cm³/mol. The van der Waals surface area contributed by atoms with Crippen molar-refractivity contribution < 1.29 is 4.79 Å². The number of hydrogen-bond donors (Lipinski definition) is 0. The maximum absolute atomic E-state index is 12.3. The standard InChI is InChI=1S/C20H27N5O2/c1-16-4-5-18-21-17(12-19(26)25(18)13-16)14-22-8-10-23(11-9-22)15-20(27)24-6-2-3-7-24/h4-5,12-13H,2-3,6-11,14-15H2,1H3. The summed E-state index contributed by atoms with van der Waals surface area (Å²) < 4.78 is 1.60. The summed E-state index contributed by atoms with van der Waals surface area (Å²) in [4.78, 5) is 35.8. The topological polar surface area (TPSA) is 61.2 Å². The van der Waals surface area contributed by atoms with Crippen molar-refractivity contribution >= 4 is 11.6 Å². The molecule has 0 radical (unpaired) electrons. The highest BCUT2D eigenvalue weighted by atomic mass is 16.2. The molecule has 7 nitrogen and oxygen atoms in total. The smallest absolute Gasteiger partial charge is 0.258 e. The van der Waals surface area contributed by atoms with Crippen molar-refractivity contribution in [3.8, 4) is 0 Å². The summed E-state index contributed by atoms with van der Waals surface area (Å²) in [7, 11) is 0. The average molecular weight is 369 g/mol. The van der Waals surface area contributed by atoms with Crippen molar-refractivity contribution in [3.05, 3.63) is 46.0 Å². The lowest BCUT2D eigenvalue weighted by molar-refractivity contribution is -0.131. The number of rotatable bonds is 4. The highest BCUT2D eigenvalue weighted by molar-refractivity contribution is 5.78. The molecule has 0 aromatic carbocycles. The fourth-order valence-electron chi connectivity index (χ4n) is 3.93. The minimum Gasteiger partial charge on any atom is -0.342 e. The molecule has 0 atom stereocenters. The molecule has 0 spiro atoms.